The number of sulfonamides is 1. The number of nitrogens with one attached hydrogen (secondary N) is 1. The first-order chi connectivity index (χ1) is 8.80. The van der Waals surface area contributed by atoms with Gasteiger partial charge in [-0.25, -0.2) is 13.2 Å². The van der Waals surface area contributed by atoms with E-state index in [1.165, 1.54) is 38.4 Å². The molecule has 0 aliphatic rings. The van der Waals surface area contributed by atoms with Gasteiger partial charge in [0.15, 0.2) is 0 Å². The van der Waals surface area contributed by atoms with Crippen LogP contribution in [0.4, 0.5) is 0 Å². The molecule has 1 aromatic rings. The first-order valence-corrected chi connectivity index (χ1v) is 6.74. The minimum Gasteiger partial charge on any atom is -0.478 e. The Morgan fingerprint density at radius 1 is 1.32 bits per heavy atom. The number of rotatable bonds is 5. The summed E-state index contributed by atoms with van der Waals surface area (Å²) in [6, 6.07) is 5.25. The lowest BCUT2D eigenvalue weighted by atomic mass is 10.2. The Bertz CT molecular complexity index is 597. The molecule has 0 aromatic heterocycles. The van der Waals surface area contributed by atoms with E-state index in [0.717, 1.165) is 4.31 Å². The van der Waals surface area contributed by atoms with E-state index in [1.807, 2.05) is 0 Å². The highest BCUT2D eigenvalue weighted by Crippen LogP contribution is 2.19. The Labute approximate surface area is 110 Å². The van der Waals surface area contributed by atoms with Crippen molar-refractivity contribution < 1.29 is 23.1 Å². The molecule has 1 aromatic carbocycles. The fourth-order valence-electron chi connectivity index (χ4n) is 1.40. The van der Waals surface area contributed by atoms with Gasteiger partial charge < -0.3 is 10.4 Å². The number of likely N-dealkylation sites (N-methyl/N-ethyl adjacent to an activating group) is 2. The quantitative estimate of drug-likeness (QED) is 0.777. The van der Waals surface area contributed by atoms with Crippen LogP contribution < -0.4 is 5.32 Å². The largest absolute Gasteiger partial charge is 0.478 e. The van der Waals surface area contributed by atoms with Crippen LogP contribution in [0.1, 0.15) is 10.4 Å². The average molecular weight is 286 g/mol. The molecule has 0 heterocycles. The Morgan fingerprint density at radius 2 is 1.89 bits per heavy atom. The molecular formula is C11H14N2O5S. The molecule has 104 valence electrons. The molecule has 0 aliphatic heterocycles. The van der Waals surface area contributed by atoms with Gasteiger partial charge in [0.1, 0.15) is 0 Å². The van der Waals surface area contributed by atoms with Crippen molar-refractivity contribution in [2.24, 2.45) is 0 Å². The van der Waals surface area contributed by atoms with Crippen molar-refractivity contribution in [1.29, 1.82) is 0 Å². The molecule has 0 radical (unpaired) electrons. The number of carboxylic acid groups (broad SMARTS) is 1. The molecule has 0 spiro atoms. The van der Waals surface area contributed by atoms with Crippen LogP contribution in [0.5, 0.6) is 0 Å². The summed E-state index contributed by atoms with van der Waals surface area (Å²) in [5.74, 6) is -1.83. The van der Waals surface area contributed by atoms with Crippen molar-refractivity contribution >= 4 is 21.9 Å². The predicted octanol–water partition coefficient (Wildman–Crippen LogP) is -0.249. The second-order valence-electron chi connectivity index (χ2n) is 3.74. The molecule has 0 saturated carbocycles. The van der Waals surface area contributed by atoms with Crippen LogP contribution in [0.25, 0.3) is 0 Å². The average Bonchev–Trinajstić information content (AvgIpc) is 2.38. The van der Waals surface area contributed by atoms with Gasteiger partial charge in [-0.2, -0.15) is 4.31 Å². The number of carboxylic acids is 1. The van der Waals surface area contributed by atoms with Crippen LogP contribution in [0, 0.1) is 0 Å². The van der Waals surface area contributed by atoms with Gasteiger partial charge in [-0.05, 0) is 12.1 Å². The third-order valence-electron chi connectivity index (χ3n) is 2.45. The minimum absolute atomic E-state index is 0.328. The van der Waals surface area contributed by atoms with E-state index in [2.05, 4.69) is 5.32 Å². The molecular weight excluding hydrogens is 272 g/mol. The third kappa shape index (κ3) is 3.30. The van der Waals surface area contributed by atoms with Crippen LogP contribution in [0.15, 0.2) is 29.2 Å². The van der Waals surface area contributed by atoms with Crippen molar-refractivity contribution in [2.75, 3.05) is 20.6 Å². The summed E-state index contributed by atoms with van der Waals surface area (Å²) in [5, 5.41) is 11.3. The fourth-order valence-corrected chi connectivity index (χ4v) is 2.71. The van der Waals surface area contributed by atoms with Gasteiger partial charge in [-0.15, -0.1) is 0 Å². The van der Waals surface area contributed by atoms with Gasteiger partial charge in [-0.3, -0.25) is 4.79 Å². The maximum Gasteiger partial charge on any atom is 0.337 e. The van der Waals surface area contributed by atoms with Crippen molar-refractivity contribution in [3.05, 3.63) is 29.8 Å². The van der Waals surface area contributed by atoms with Crippen LogP contribution >= 0.6 is 0 Å². The topological polar surface area (TPSA) is 104 Å². The fraction of sp³-hybridized carbons (Fsp3) is 0.273. The van der Waals surface area contributed by atoms with E-state index in [0.29, 0.717) is 0 Å². The van der Waals surface area contributed by atoms with Gasteiger partial charge >= 0.3 is 5.97 Å². The first kappa shape index (κ1) is 15.1. The molecule has 2 N–H and O–H groups in total. The van der Waals surface area contributed by atoms with Gasteiger partial charge in [0.05, 0.1) is 17.0 Å². The highest BCUT2D eigenvalue weighted by molar-refractivity contribution is 7.89. The first-order valence-electron chi connectivity index (χ1n) is 5.30. The number of carbonyl (C=O) groups is 2. The molecule has 1 rings (SSSR count). The lowest BCUT2D eigenvalue weighted by Crippen LogP contribution is -2.37. The molecule has 0 unspecified atom stereocenters. The van der Waals surface area contributed by atoms with Crippen LogP contribution in [0.2, 0.25) is 0 Å². The second-order valence-corrected chi connectivity index (χ2v) is 5.75. The molecule has 7 nitrogen and oxygen atoms in total. The Morgan fingerprint density at radius 3 is 2.42 bits per heavy atom. The zero-order valence-corrected chi connectivity index (χ0v) is 11.3. The van der Waals surface area contributed by atoms with E-state index in [9.17, 15) is 18.0 Å². The summed E-state index contributed by atoms with van der Waals surface area (Å²) in [4.78, 5) is 21.9. The lowest BCUT2D eigenvalue weighted by molar-refractivity contribution is -0.120. The molecule has 1 amide bonds. The smallest absolute Gasteiger partial charge is 0.337 e. The van der Waals surface area contributed by atoms with E-state index in [1.54, 1.807) is 0 Å². The van der Waals surface area contributed by atoms with Crippen molar-refractivity contribution in [1.82, 2.24) is 9.62 Å². The number of aromatic carboxylic acids is 1. The van der Waals surface area contributed by atoms with Crippen molar-refractivity contribution in [3.8, 4) is 0 Å². The maximum absolute atomic E-state index is 12.2. The zero-order chi connectivity index (χ0) is 14.6. The third-order valence-corrected chi connectivity index (χ3v) is 4.31. The van der Waals surface area contributed by atoms with Crippen LogP contribution in [-0.2, 0) is 14.8 Å². The highest BCUT2D eigenvalue weighted by atomic mass is 32.2. The predicted molar refractivity (Wildman–Crippen MR) is 67.3 cm³/mol. The van der Waals surface area contributed by atoms with Crippen LogP contribution in [0.3, 0.4) is 0 Å². The molecule has 0 fully saturated rings. The summed E-state index contributed by atoms with van der Waals surface area (Å²) < 4.78 is 25.2. The molecule has 0 bridgehead atoms. The van der Waals surface area contributed by atoms with E-state index < -0.39 is 21.9 Å². The molecule has 0 aliphatic carbocycles. The maximum atomic E-state index is 12.2. The van der Waals surface area contributed by atoms with E-state index in [4.69, 9.17) is 5.11 Å². The molecule has 0 atom stereocenters. The Kier molecular flexibility index (Phi) is 4.62. The summed E-state index contributed by atoms with van der Waals surface area (Å²) >= 11 is 0. The van der Waals surface area contributed by atoms with Crippen molar-refractivity contribution in [2.45, 2.75) is 4.90 Å². The Balaban J connectivity index is 3.21. The molecule has 0 saturated heterocycles. The van der Waals surface area contributed by atoms with Gasteiger partial charge in [-0.1, -0.05) is 12.1 Å². The number of benzene rings is 1. The summed E-state index contributed by atoms with van der Waals surface area (Å²) in [6.07, 6.45) is 0. The monoisotopic (exact) mass is 286 g/mol. The molecule has 19 heavy (non-hydrogen) atoms. The number of carbonyl (C=O) groups excluding carboxylic acids is 1. The van der Waals surface area contributed by atoms with Gasteiger partial charge in [0, 0.05) is 14.1 Å². The van der Waals surface area contributed by atoms with E-state index in [-0.39, 0.29) is 17.0 Å². The number of hydrogen-bond acceptors (Lipinski definition) is 4. The number of amides is 1. The Hall–Kier alpha value is -1.93. The minimum atomic E-state index is -4.03. The van der Waals surface area contributed by atoms with E-state index >= 15 is 0 Å². The summed E-state index contributed by atoms with van der Waals surface area (Å²) in [7, 11) is -1.43. The van der Waals surface area contributed by atoms with Crippen LogP contribution in [-0.4, -0.2) is 50.3 Å². The lowest BCUT2D eigenvalue weighted by Gasteiger charge is -2.17. The second kappa shape index (κ2) is 5.81. The number of nitrogens with zero attached hydrogens (tertiary/aromatic N) is 1. The molecule has 8 heteroatoms. The summed E-state index contributed by atoms with van der Waals surface area (Å²) in [6.45, 7) is -0.382. The number of hydrogen-bond donors (Lipinski definition) is 2. The standard InChI is InChI=1S/C11H14N2O5S/c1-12-10(14)7-13(2)19(17,18)9-6-4-3-5-8(9)11(15)16/h3-6H,7H2,1-2H3,(H,12,14)(H,15,16). The van der Waals surface area contributed by atoms with Crippen molar-refractivity contribution in [3.63, 3.8) is 0 Å². The van der Waals surface area contributed by atoms with Gasteiger partial charge in [0.2, 0.25) is 15.9 Å². The van der Waals surface area contributed by atoms with Gasteiger partial charge in [0.25, 0.3) is 0 Å². The zero-order valence-electron chi connectivity index (χ0n) is 10.5. The highest BCUT2D eigenvalue weighted by Gasteiger charge is 2.27. The normalized spacial score (nSPS) is 11.3. The SMILES string of the molecule is CNC(=O)CN(C)S(=O)(=O)c1ccccc1C(=O)O. The summed E-state index contributed by atoms with van der Waals surface area (Å²) in [5.41, 5.74) is -0.328.